The molecule has 1 heterocycles. The molecule has 3 nitrogen and oxygen atoms in total. The lowest BCUT2D eigenvalue weighted by atomic mass is 10.2. The molecule has 0 aliphatic carbocycles. The highest BCUT2D eigenvalue weighted by Gasteiger charge is 2.15. The predicted molar refractivity (Wildman–Crippen MR) is 65.5 cm³/mol. The van der Waals surface area contributed by atoms with E-state index in [1.807, 2.05) is 5.38 Å². The van der Waals surface area contributed by atoms with E-state index in [9.17, 15) is 5.11 Å². The number of nitrogens with zero attached hydrogens (tertiary/aromatic N) is 2. The zero-order chi connectivity index (χ0) is 11.4. The summed E-state index contributed by atoms with van der Waals surface area (Å²) in [4.78, 5) is 6.72. The fourth-order valence-electron chi connectivity index (χ4n) is 1.46. The zero-order valence-corrected chi connectivity index (χ0v) is 10.7. The Morgan fingerprint density at radius 3 is 2.53 bits per heavy atom. The van der Waals surface area contributed by atoms with Crippen molar-refractivity contribution in [2.24, 2.45) is 0 Å². The summed E-state index contributed by atoms with van der Waals surface area (Å²) in [5, 5.41) is 12.4. The monoisotopic (exact) mass is 228 g/mol. The Morgan fingerprint density at radius 1 is 1.47 bits per heavy atom. The highest BCUT2D eigenvalue weighted by atomic mass is 32.1. The summed E-state index contributed by atoms with van der Waals surface area (Å²) in [5.41, 5.74) is 0.775. The van der Waals surface area contributed by atoms with Gasteiger partial charge < -0.3 is 10.0 Å². The van der Waals surface area contributed by atoms with Crippen molar-refractivity contribution in [1.29, 1.82) is 0 Å². The molecule has 0 saturated carbocycles. The summed E-state index contributed by atoms with van der Waals surface area (Å²) in [5.74, 6) is 0. The van der Waals surface area contributed by atoms with Gasteiger partial charge in [0.25, 0.3) is 0 Å². The summed E-state index contributed by atoms with van der Waals surface area (Å²) in [7, 11) is 0. The third kappa shape index (κ3) is 2.92. The van der Waals surface area contributed by atoms with Crippen LogP contribution in [0.25, 0.3) is 0 Å². The van der Waals surface area contributed by atoms with Crippen molar-refractivity contribution in [3.05, 3.63) is 11.1 Å². The molecule has 0 aliphatic heterocycles. The van der Waals surface area contributed by atoms with Crippen LogP contribution in [0.3, 0.4) is 0 Å². The van der Waals surface area contributed by atoms with Crippen LogP contribution in [0.4, 0.5) is 5.13 Å². The van der Waals surface area contributed by atoms with E-state index in [1.54, 1.807) is 18.3 Å². The molecule has 1 rings (SSSR count). The molecule has 0 fully saturated rings. The van der Waals surface area contributed by atoms with Crippen LogP contribution in [-0.4, -0.2) is 22.7 Å². The number of hydrogen-bond acceptors (Lipinski definition) is 4. The second kappa shape index (κ2) is 5.47. The van der Waals surface area contributed by atoms with Crippen LogP contribution in [0, 0.1) is 0 Å². The molecule has 15 heavy (non-hydrogen) atoms. The number of aliphatic hydroxyl groups excluding tert-OH is 1. The van der Waals surface area contributed by atoms with Gasteiger partial charge in [0.15, 0.2) is 5.13 Å². The normalized spacial score (nSPS) is 15.0. The lowest BCUT2D eigenvalue weighted by molar-refractivity contribution is 0.195. The van der Waals surface area contributed by atoms with Crippen molar-refractivity contribution in [1.82, 2.24) is 4.98 Å². The van der Waals surface area contributed by atoms with E-state index < -0.39 is 6.10 Å². The van der Waals surface area contributed by atoms with Gasteiger partial charge in [-0.2, -0.15) is 0 Å². The summed E-state index contributed by atoms with van der Waals surface area (Å²) < 4.78 is 0. The van der Waals surface area contributed by atoms with Crippen molar-refractivity contribution in [2.45, 2.75) is 46.3 Å². The minimum Gasteiger partial charge on any atom is -0.387 e. The molecule has 1 aromatic heterocycles. The lowest BCUT2D eigenvalue weighted by Crippen LogP contribution is -2.32. The average molecular weight is 228 g/mol. The predicted octanol–water partition coefficient (Wildman–Crippen LogP) is 2.82. The van der Waals surface area contributed by atoms with Gasteiger partial charge in [0, 0.05) is 18.0 Å². The number of thiazole rings is 1. The summed E-state index contributed by atoms with van der Waals surface area (Å²) in [6.07, 6.45) is 0.642. The summed E-state index contributed by atoms with van der Waals surface area (Å²) >= 11 is 1.61. The lowest BCUT2D eigenvalue weighted by Gasteiger charge is -2.26. The van der Waals surface area contributed by atoms with Gasteiger partial charge in [0.1, 0.15) is 0 Å². The Balaban J connectivity index is 2.83. The fourth-order valence-corrected chi connectivity index (χ4v) is 2.53. The first-order valence-electron chi connectivity index (χ1n) is 5.50. The number of aromatic nitrogens is 1. The van der Waals surface area contributed by atoms with Gasteiger partial charge in [-0.15, -0.1) is 11.3 Å². The van der Waals surface area contributed by atoms with Gasteiger partial charge in [-0.3, -0.25) is 0 Å². The number of aliphatic hydroxyl groups is 1. The molecule has 1 N–H and O–H groups in total. The van der Waals surface area contributed by atoms with Crippen molar-refractivity contribution in [3.63, 3.8) is 0 Å². The maximum absolute atomic E-state index is 9.41. The highest BCUT2D eigenvalue weighted by Crippen LogP contribution is 2.25. The smallest absolute Gasteiger partial charge is 0.185 e. The number of anilines is 1. The average Bonchev–Trinajstić information content (AvgIpc) is 2.68. The fraction of sp³-hybridized carbons (Fsp3) is 0.727. The van der Waals surface area contributed by atoms with Crippen molar-refractivity contribution in [3.8, 4) is 0 Å². The molecule has 2 unspecified atom stereocenters. The third-order valence-electron chi connectivity index (χ3n) is 2.65. The summed E-state index contributed by atoms with van der Waals surface area (Å²) in [6, 6.07) is 0.503. The van der Waals surface area contributed by atoms with E-state index in [1.165, 1.54) is 0 Å². The molecule has 0 radical (unpaired) electrons. The second-order valence-corrected chi connectivity index (χ2v) is 4.61. The van der Waals surface area contributed by atoms with Crippen LogP contribution in [0.1, 0.15) is 45.9 Å². The Labute approximate surface area is 95.8 Å². The van der Waals surface area contributed by atoms with E-state index in [-0.39, 0.29) is 0 Å². The molecule has 1 aromatic rings. The molecule has 0 amide bonds. The van der Waals surface area contributed by atoms with Crippen LogP contribution in [0.15, 0.2) is 5.38 Å². The van der Waals surface area contributed by atoms with E-state index in [2.05, 4.69) is 30.7 Å². The first-order valence-corrected chi connectivity index (χ1v) is 6.38. The molecular formula is C11H20N2OS. The molecule has 86 valence electrons. The maximum Gasteiger partial charge on any atom is 0.185 e. The minimum absolute atomic E-state index is 0.467. The molecule has 4 heteroatoms. The summed E-state index contributed by atoms with van der Waals surface area (Å²) in [6.45, 7) is 9.22. The van der Waals surface area contributed by atoms with Crippen LogP contribution < -0.4 is 4.90 Å². The Kier molecular flexibility index (Phi) is 4.54. The Hall–Kier alpha value is -0.610. The molecular weight excluding hydrogens is 208 g/mol. The Bertz CT molecular complexity index is 299. The third-order valence-corrected chi connectivity index (χ3v) is 3.54. The second-order valence-electron chi connectivity index (χ2n) is 3.77. The van der Waals surface area contributed by atoms with Gasteiger partial charge >= 0.3 is 0 Å². The van der Waals surface area contributed by atoms with Crippen molar-refractivity contribution in [2.75, 3.05) is 11.4 Å². The molecule has 0 aromatic carbocycles. The van der Waals surface area contributed by atoms with Crippen LogP contribution in [-0.2, 0) is 0 Å². The van der Waals surface area contributed by atoms with Crippen molar-refractivity contribution >= 4 is 16.5 Å². The SMILES string of the molecule is CCC(C)N(CC)c1nc(C(C)O)cs1. The van der Waals surface area contributed by atoms with Crippen molar-refractivity contribution < 1.29 is 5.11 Å². The zero-order valence-electron chi connectivity index (χ0n) is 9.90. The quantitative estimate of drug-likeness (QED) is 0.842. The van der Waals surface area contributed by atoms with Gasteiger partial charge in [0.2, 0.25) is 0 Å². The number of rotatable bonds is 5. The van der Waals surface area contributed by atoms with E-state index in [0.29, 0.717) is 6.04 Å². The van der Waals surface area contributed by atoms with E-state index in [0.717, 1.165) is 23.8 Å². The van der Waals surface area contributed by atoms with E-state index in [4.69, 9.17) is 0 Å². The minimum atomic E-state index is -0.467. The van der Waals surface area contributed by atoms with E-state index >= 15 is 0 Å². The molecule has 2 atom stereocenters. The van der Waals surface area contributed by atoms with Gasteiger partial charge in [-0.05, 0) is 27.2 Å². The molecule has 0 aliphatic rings. The highest BCUT2D eigenvalue weighted by molar-refractivity contribution is 7.13. The standard InChI is InChI=1S/C11H20N2OS/c1-5-8(3)13(6-2)11-12-10(7-15-11)9(4)14/h7-9,14H,5-6H2,1-4H3. The Morgan fingerprint density at radius 2 is 2.13 bits per heavy atom. The van der Waals surface area contributed by atoms with Gasteiger partial charge in [0.05, 0.1) is 11.8 Å². The molecule has 0 bridgehead atoms. The van der Waals surface area contributed by atoms with Gasteiger partial charge in [-0.1, -0.05) is 6.92 Å². The maximum atomic E-state index is 9.41. The number of hydrogen-bond donors (Lipinski definition) is 1. The molecule has 0 saturated heterocycles. The van der Waals surface area contributed by atoms with Crippen LogP contribution in [0.5, 0.6) is 0 Å². The first kappa shape index (κ1) is 12.5. The largest absolute Gasteiger partial charge is 0.387 e. The first-order chi connectivity index (χ1) is 7.10. The van der Waals surface area contributed by atoms with Crippen LogP contribution in [0.2, 0.25) is 0 Å². The topological polar surface area (TPSA) is 36.4 Å². The molecule has 0 spiro atoms. The van der Waals surface area contributed by atoms with Gasteiger partial charge in [-0.25, -0.2) is 4.98 Å². The van der Waals surface area contributed by atoms with Crippen LogP contribution >= 0.6 is 11.3 Å².